The highest BCUT2D eigenvalue weighted by Crippen LogP contribution is 2.44. The molecule has 0 aromatic carbocycles. The molecule has 0 spiro atoms. The number of primary amides is 1. The van der Waals surface area contributed by atoms with E-state index in [4.69, 9.17) is 5.73 Å². The van der Waals surface area contributed by atoms with Gasteiger partial charge < -0.3 is 11.1 Å². The van der Waals surface area contributed by atoms with E-state index in [-0.39, 0.29) is 35.5 Å². The van der Waals surface area contributed by atoms with Crippen LogP contribution >= 0.6 is 0 Å². The highest BCUT2D eigenvalue weighted by Gasteiger charge is 2.47. The Bertz CT molecular complexity index is 560. The molecule has 100 valence electrons. The Kier molecular flexibility index (Phi) is 2.73. The minimum absolute atomic E-state index is 0.143. The van der Waals surface area contributed by atoms with Gasteiger partial charge in [0.1, 0.15) is 5.82 Å². The highest BCUT2D eigenvalue weighted by atomic mass is 19.1. The second kappa shape index (κ2) is 4.29. The molecule has 2 aliphatic carbocycles. The van der Waals surface area contributed by atoms with Crippen LogP contribution in [0, 0.1) is 30.5 Å². The summed E-state index contributed by atoms with van der Waals surface area (Å²) in [6, 6.07) is -0.184. The fourth-order valence-electron chi connectivity index (χ4n) is 3.12. The largest absolute Gasteiger partial charge is 0.369 e. The molecule has 0 aliphatic heterocycles. The quantitative estimate of drug-likeness (QED) is 0.797. The zero-order chi connectivity index (χ0) is 13.6. The molecule has 2 bridgehead atoms. The molecule has 5 nitrogen and oxygen atoms in total. The van der Waals surface area contributed by atoms with E-state index in [0.717, 1.165) is 12.6 Å². The van der Waals surface area contributed by atoms with Gasteiger partial charge >= 0.3 is 0 Å². The second-order valence-electron chi connectivity index (χ2n) is 5.16. The van der Waals surface area contributed by atoms with Crippen LogP contribution in [-0.2, 0) is 4.79 Å². The molecule has 1 saturated carbocycles. The lowest BCUT2D eigenvalue weighted by molar-refractivity contribution is -0.122. The SMILES string of the molecule is Cc1ncc(F)c(N[C@H]2[C@@H](C(N)=O)[C@@H]3C=C[C@H]2C3)n1. The number of allylic oxidation sites excluding steroid dienone is 1. The number of rotatable bonds is 3. The monoisotopic (exact) mass is 262 g/mol. The minimum atomic E-state index is -0.513. The van der Waals surface area contributed by atoms with Crippen LogP contribution in [0.4, 0.5) is 10.2 Å². The average Bonchev–Trinajstić information content (AvgIpc) is 2.94. The van der Waals surface area contributed by atoms with E-state index < -0.39 is 5.82 Å². The van der Waals surface area contributed by atoms with Gasteiger partial charge in [0.15, 0.2) is 11.6 Å². The van der Waals surface area contributed by atoms with Crippen LogP contribution in [0.5, 0.6) is 0 Å². The van der Waals surface area contributed by atoms with Crippen LogP contribution in [0.2, 0.25) is 0 Å². The summed E-state index contributed by atoms with van der Waals surface area (Å²) >= 11 is 0. The predicted molar refractivity (Wildman–Crippen MR) is 67.6 cm³/mol. The highest BCUT2D eigenvalue weighted by molar-refractivity contribution is 5.79. The smallest absolute Gasteiger partial charge is 0.223 e. The van der Waals surface area contributed by atoms with Gasteiger partial charge in [-0.05, 0) is 25.2 Å². The van der Waals surface area contributed by atoms with E-state index in [0.29, 0.717) is 5.82 Å². The Hall–Kier alpha value is -1.98. The van der Waals surface area contributed by atoms with Gasteiger partial charge in [0.2, 0.25) is 5.91 Å². The first-order valence-corrected chi connectivity index (χ1v) is 6.29. The summed E-state index contributed by atoms with van der Waals surface area (Å²) in [5, 5.41) is 3.03. The second-order valence-corrected chi connectivity index (χ2v) is 5.16. The van der Waals surface area contributed by atoms with Gasteiger partial charge in [-0.1, -0.05) is 12.2 Å². The molecule has 4 atom stereocenters. The number of fused-ring (bicyclic) bond motifs is 2. The molecule has 3 rings (SSSR count). The molecule has 6 heteroatoms. The Morgan fingerprint density at radius 2 is 2.21 bits per heavy atom. The zero-order valence-electron chi connectivity index (χ0n) is 10.5. The third-order valence-corrected chi connectivity index (χ3v) is 3.96. The van der Waals surface area contributed by atoms with Crippen molar-refractivity contribution in [1.29, 1.82) is 0 Å². The van der Waals surface area contributed by atoms with Gasteiger partial charge in [-0.15, -0.1) is 0 Å². The summed E-state index contributed by atoms with van der Waals surface area (Å²) in [7, 11) is 0. The number of hydrogen-bond donors (Lipinski definition) is 2. The number of nitrogens with one attached hydrogen (secondary N) is 1. The Morgan fingerprint density at radius 1 is 1.47 bits per heavy atom. The van der Waals surface area contributed by atoms with Gasteiger partial charge in [-0.2, -0.15) is 0 Å². The summed E-state index contributed by atoms with van der Waals surface area (Å²) < 4.78 is 13.7. The van der Waals surface area contributed by atoms with Crippen LogP contribution in [-0.4, -0.2) is 21.9 Å². The first-order chi connectivity index (χ1) is 9.06. The number of anilines is 1. The number of nitrogens with two attached hydrogens (primary N) is 1. The minimum Gasteiger partial charge on any atom is -0.369 e. The van der Waals surface area contributed by atoms with E-state index in [1.54, 1.807) is 6.92 Å². The Labute approximate surface area is 110 Å². The average molecular weight is 262 g/mol. The van der Waals surface area contributed by atoms with Crippen LogP contribution in [0.25, 0.3) is 0 Å². The van der Waals surface area contributed by atoms with Crippen LogP contribution in [0.3, 0.4) is 0 Å². The third-order valence-electron chi connectivity index (χ3n) is 3.96. The van der Waals surface area contributed by atoms with Crippen molar-refractivity contribution in [1.82, 2.24) is 9.97 Å². The topological polar surface area (TPSA) is 80.9 Å². The standard InChI is InChI=1S/C13H15FN4O/c1-6-16-5-9(14)13(17-6)18-11-8-3-2-7(4-8)10(11)12(15)19/h2-3,5,7-8,10-11H,4H2,1H3,(H2,15,19)(H,16,17,18)/t7-,8+,10+,11-/m1/s1. The summed E-state index contributed by atoms with van der Waals surface area (Å²) in [6.45, 7) is 1.69. The number of nitrogens with zero attached hydrogens (tertiary/aromatic N) is 2. The molecular formula is C13H15FN4O. The van der Waals surface area contributed by atoms with E-state index >= 15 is 0 Å². The molecule has 1 fully saturated rings. The maximum absolute atomic E-state index is 13.7. The van der Waals surface area contributed by atoms with Gasteiger partial charge in [-0.3, -0.25) is 4.79 Å². The van der Waals surface area contributed by atoms with Crippen LogP contribution in [0.15, 0.2) is 18.3 Å². The lowest BCUT2D eigenvalue weighted by Gasteiger charge is -2.27. The van der Waals surface area contributed by atoms with E-state index in [1.165, 1.54) is 0 Å². The number of hydrogen-bond acceptors (Lipinski definition) is 4. The zero-order valence-corrected chi connectivity index (χ0v) is 10.5. The summed E-state index contributed by atoms with van der Waals surface area (Å²) in [5.74, 6) is -0.170. The molecular weight excluding hydrogens is 247 g/mol. The van der Waals surface area contributed by atoms with Gasteiger partial charge in [-0.25, -0.2) is 14.4 Å². The van der Waals surface area contributed by atoms with Gasteiger partial charge in [0.25, 0.3) is 0 Å². The Morgan fingerprint density at radius 3 is 2.95 bits per heavy atom. The van der Waals surface area contributed by atoms with Crippen molar-refractivity contribution in [2.45, 2.75) is 19.4 Å². The first kappa shape index (κ1) is 12.1. The molecule has 0 unspecified atom stereocenters. The number of halogens is 1. The molecule has 1 amide bonds. The molecule has 0 saturated heterocycles. The molecule has 1 heterocycles. The normalized spacial score (nSPS) is 31.7. The summed E-state index contributed by atoms with van der Waals surface area (Å²) in [4.78, 5) is 19.4. The van der Waals surface area contributed by atoms with Gasteiger partial charge in [0.05, 0.1) is 12.1 Å². The number of carbonyl (C=O) groups is 1. The van der Waals surface area contributed by atoms with Crippen molar-refractivity contribution >= 4 is 11.7 Å². The fourth-order valence-corrected chi connectivity index (χ4v) is 3.12. The number of aryl methyl sites for hydroxylation is 1. The maximum atomic E-state index is 13.7. The summed E-state index contributed by atoms with van der Waals surface area (Å²) in [6.07, 6.45) is 6.11. The van der Waals surface area contributed by atoms with Crippen molar-refractivity contribution in [3.8, 4) is 0 Å². The maximum Gasteiger partial charge on any atom is 0.223 e. The molecule has 3 N–H and O–H groups in total. The van der Waals surface area contributed by atoms with Crippen molar-refractivity contribution in [3.63, 3.8) is 0 Å². The first-order valence-electron chi connectivity index (χ1n) is 6.29. The third kappa shape index (κ3) is 1.97. The van der Waals surface area contributed by atoms with Crippen molar-refractivity contribution in [3.05, 3.63) is 30.0 Å². The lowest BCUT2D eigenvalue weighted by atomic mass is 9.88. The summed E-state index contributed by atoms with van der Waals surface area (Å²) in [5.41, 5.74) is 5.46. The molecule has 2 aliphatic rings. The molecule has 19 heavy (non-hydrogen) atoms. The molecule has 1 aromatic rings. The van der Waals surface area contributed by atoms with Gasteiger partial charge in [0, 0.05) is 6.04 Å². The fraction of sp³-hybridized carbons (Fsp3) is 0.462. The lowest BCUT2D eigenvalue weighted by Crippen LogP contribution is -2.41. The van der Waals surface area contributed by atoms with E-state index in [1.807, 2.05) is 6.08 Å². The number of carbonyl (C=O) groups excluding carboxylic acids is 1. The van der Waals surface area contributed by atoms with Crippen molar-refractivity contribution in [2.75, 3.05) is 5.32 Å². The van der Waals surface area contributed by atoms with E-state index in [2.05, 4.69) is 21.4 Å². The molecule has 1 aromatic heterocycles. The Balaban J connectivity index is 1.88. The van der Waals surface area contributed by atoms with Crippen LogP contribution < -0.4 is 11.1 Å². The van der Waals surface area contributed by atoms with Crippen LogP contribution in [0.1, 0.15) is 12.2 Å². The number of amides is 1. The van der Waals surface area contributed by atoms with E-state index in [9.17, 15) is 9.18 Å². The van der Waals surface area contributed by atoms with Crippen molar-refractivity contribution in [2.24, 2.45) is 23.5 Å². The van der Waals surface area contributed by atoms with Crippen molar-refractivity contribution < 1.29 is 9.18 Å². The number of aromatic nitrogens is 2. The predicted octanol–water partition coefficient (Wildman–Crippen LogP) is 1.01. The molecule has 0 radical (unpaired) electrons.